The van der Waals surface area contributed by atoms with Gasteiger partial charge in [0.1, 0.15) is 5.54 Å². The van der Waals surface area contributed by atoms with Crippen molar-refractivity contribution in [3.63, 3.8) is 0 Å². The molecule has 1 N–H and O–H groups in total. The fraction of sp³-hybridized carbons (Fsp3) is 0.423. The Bertz CT molecular complexity index is 1200. The Labute approximate surface area is 206 Å². The molecule has 2 aliphatic rings. The Morgan fingerprint density at radius 1 is 1.09 bits per heavy atom. The number of carbonyl (C=O) groups excluding carboxylic acids is 1. The van der Waals surface area contributed by atoms with Gasteiger partial charge < -0.3 is 10.1 Å². The van der Waals surface area contributed by atoms with Crippen molar-refractivity contribution >= 4 is 39.5 Å². The predicted octanol–water partition coefficient (Wildman–Crippen LogP) is 5.33. The van der Waals surface area contributed by atoms with E-state index in [0.29, 0.717) is 24.3 Å². The second kappa shape index (κ2) is 9.72. The van der Waals surface area contributed by atoms with Crippen molar-refractivity contribution in [3.8, 4) is 0 Å². The van der Waals surface area contributed by atoms with Gasteiger partial charge in [-0.1, -0.05) is 53.6 Å². The lowest BCUT2D eigenvalue weighted by molar-refractivity contribution is -0.147. The van der Waals surface area contributed by atoms with Crippen LogP contribution in [0.4, 0.5) is 5.69 Å². The van der Waals surface area contributed by atoms with Crippen molar-refractivity contribution in [3.05, 3.63) is 70.3 Å². The van der Waals surface area contributed by atoms with Crippen LogP contribution in [0.1, 0.15) is 49.7 Å². The molecule has 0 heterocycles. The second-order valence-electron chi connectivity index (χ2n) is 9.18. The van der Waals surface area contributed by atoms with E-state index in [1.54, 1.807) is 6.07 Å². The van der Waals surface area contributed by atoms with E-state index < -0.39 is 15.7 Å². The van der Waals surface area contributed by atoms with E-state index in [1.165, 1.54) is 23.8 Å². The highest BCUT2D eigenvalue weighted by atomic mass is 35.5. The molecule has 0 aromatic heterocycles. The summed E-state index contributed by atoms with van der Waals surface area (Å²) in [7, 11) is -2.03. The summed E-state index contributed by atoms with van der Waals surface area (Å²) >= 11 is 6.17. The van der Waals surface area contributed by atoms with Crippen molar-refractivity contribution in [1.82, 2.24) is 0 Å². The first-order valence-corrected chi connectivity index (χ1v) is 13.6. The Morgan fingerprint density at radius 3 is 2.50 bits per heavy atom. The van der Waals surface area contributed by atoms with Crippen LogP contribution in [0.15, 0.2) is 54.1 Å². The van der Waals surface area contributed by atoms with Gasteiger partial charge in [0, 0.05) is 16.1 Å². The number of carbonyl (C=O) groups is 1. The summed E-state index contributed by atoms with van der Waals surface area (Å²) in [6.45, 7) is 0.158. The van der Waals surface area contributed by atoms with Crippen LogP contribution in [-0.2, 0) is 29.2 Å². The average molecular weight is 504 g/mol. The smallest absolute Gasteiger partial charge is 0.331 e. The van der Waals surface area contributed by atoms with E-state index >= 15 is 0 Å². The zero-order valence-corrected chi connectivity index (χ0v) is 21.0. The molecule has 8 heteroatoms. The third-order valence-corrected chi connectivity index (χ3v) is 7.88. The number of hydrogen-bond donors (Lipinski definition) is 1. The molecule has 0 atom stereocenters. The molecule has 4 rings (SSSR count). The second-order valence-corrected chi connectivity index (χ2v) is 11.3. The first-order chi connectivity index (χ1) is 16.2. The Balaban J connectivity index is 1.58. The summed E-state index contributed by atoms with van der Waals surface area (Å²) in [6, 6.07) is 15.7. The van der Waals surface area contributed by atoms with Gasteiger partial charge in [-0.15, -0.1) is 0 Å². The van der Waals surface area contributed by atoms with Gasteiger partial charge in [-0.25, -0.2) is 4.79 Å². The van der Waals surface area contributed by atoms with Crippen molar-refractivity contribution < 1.29 is 22.1 Å². The van der Waals surface area contributed by atoms with Crippen LogP contribution in [0.2, 0.25) is 5.02 Å². The first-order valence-electron chi connectivity index (χ1n) is 11.4. The van der Waals surface area contributed by atoms with Gasteiger partial charge in [-0.3, -0.25) is 4.18 Å². The number of methoxy groups -OCH3 is 1. The minimum atomic E-state index is -3.46. The number of anilines is 1. The molecular formula is C26H30ClNO5S. The van der Waals surface area contributed by atoms with E-state index in [2.05, 4.69) is 29.6 Å². The zero-order valence-electron chi connectivity index (χ0n) is 19.5. The summed E-state index contributed by atoms with van der Waals surface area (Å²) in [5.41, 5.74) is 3.49. The van der Waals surface area contributed by atoms with E-state index in [0.717, 1.165) is 31.2 Å². The van der Waals surface area contributed by atoms with Gasteiger partial charge in [0.2, 0.25) is 0 Å². The first kappa shape index (κ1) is 24.8. The topological polar surface area (TPSA) is 81.7 Å². The minimum Gasteiger partial charge on any atom is -0.467 e. The van der Waals surface area contributed by atoms with Crippen LogP contribution in [0.3, 0.4) is 0 Å². The van der Waals surface area contributed by atoms with Crippen LogP contribution in [0.25, 0.3) is 6.08 Å². The maximum absolute atomic E-state index is 13.0. The van der Waals surface area contributed by atoms with Crippen molar-refractivity contribution in [2.24, 2.45) is 0 Å². The lowest BCUT2D eigenvalue weighted by Gasteiger charge is -2.46. The summed E-state index contributed by atoms with van der Waals surface area (Å²) < 4.78 is 32.9. The summed E-state index contributed by atoms with van der Waals surface area (Å²) in [5, 5.41) is 4.04. The molecule has 6 nitrogen and oxygen atoms in total. The number of nitrogens with one attached hydrogen (secondary N) is 1. The molecule has 0 bridgehead atoms. The van der Waals surface area contributed by atoms with Crippen LogP contribution in [-0.4, -0.2) is 39.9 Å². The SMILES string of the molecule is COC(=O)C1(Nc2cccc(Cl)c2)CCC2(CC1)C(CCCOS(C)(=O)=O)=Cc1ccccc12. The molecule has 1 fully saturated rings. The molecule has 2 aromatic rings. The number of halogens is 1. The van der Waals surface area contributed by atoms with Gasteiger partial charge in [0.15, 0.2) is 0 Å². The quantitative estimate of drug-likeness (QED) is 0.298. The molecule has 1 saturated carbocycles. The normalized spacial score (nSPS) is 23.9. The maximum Gasteiger partial charge on any atom is 0.331 e. The number of allylic oxidation sites excluding steroid dienone is 1. The monoisotopic (exact) mass is 503 g/mol. The largest absolute Gasteiger partial charge is 0.467 e. The van der Waals surface area contributed by atoms with Gasteiger partial charge >= 0.3 is 5.97 Å². The van der Waals surface area contributed by atoms with Gasteiger partial charge in [-0.05, 0) is 67.9 Å². The molecule has 1 spiro atoms. The predicted molar refractivity (Wildman–Crippen MR) is 134 cm³/mol. The highest BCUT2D eigenvalue weighted by Gasteiger charge is 2.51. The summed E-state index contributed by atoms with van der Waals surface area (Å²) in [6.07, 6.45) is 7.37. The summed E-state index contributed by atoms with van der Waals surface area (Å²) in [5.74, 6) is -0.277. The van der Waals surface area contributed by atoms with E-state index in [9.17, 15) is 13.2 Å². The third kappa shape index (κ3) is 5.02. The molecular weight excluding hydrogens is 474 g/mol. The standard InChI is InChI=1S/C26H30ClNO5S/c1-32-24(29)26(28-22-10-5-9-21(27)18-22)14-12-25(13-15-26)20(8-6-16-33-34(2,30)31)17-19-7-3-4-11-23(19)25/h3-5,7,9-11,17-18,28H,6,8,12-16H2,1-2H3. The molecule has 0 unspecified atom stereocenters. The van der Waals surface area contributed by atoms with Crippen LogP contribution in [0, 0.1) is 0 Å². The van der Waals surface area contributed by atoms with Crippen LogP contribution >= 0.6 is 11.6 Å². The number of benzene rings is 2. The van der Waals surface area contributed by atoms with Gasteiger partial charge in [0.25, 0.3) is 10.1 Å². The van der Waals surface area contributed by atoms with Crippen LogP contribution < -0.4 is 5.32 Å². The molecule has 2 aromatic carbocycles. The van der Waals surface area contributed by atoms with Gasteiger partial charge in [0.05, 0.1) is 20.0 Å². The number of hydrogen-bond acceptors (Lipinski definition) is 6. The lowest BCUT2D eigenvalue weighted by Crippen LogP contribution is -2.52. The third-order valence-electron chi connectivity index (χ3n) is 7.05. The molecule has 0 saturated heterocycles. The molecule has 2 aliphatic carbocycles. The van der Waals surface area contributed by atoms with E-state index in [4.69, 9.17) is 20.5 Å². The fourth-order valence-electron chi connectivity index (χ4n) is 5.45. The molecule has 0 radical (unpaired) electrons. The maximum atomic E-state index is 13.0. The number of ether oxygens (including phenoxy) is 1. The Kier molecular flexibility index (Phi) is 7.08. The molecule has 34 heavy (non-hydrogen) atoms. The zero-order chi connectivity index (χ0) is 24.4. The highest BCUT2D eigenvalue weighted by molar-refractivity contribution is 7.85. The number of rotatable bonds is 8. The van der Waals surface area contributed by atoms with Gasteiger partial charge in [-0.2, -0.15) is 8.42 Å². The summed E-state index contributed by atoms with van der Waals surface area (Å²) in [4.78, 5) is 13.0. The van der Waals surface area contributed by atoms with E-state index in [1.807, 2.05) is 24.3 Å². The van der Waals surface area contributed by atoms with Crippen LogP contribution in [0.5, 0.6) is 0 Å². The highest BCUT2D eigenvalue weighted by Crippen LogP contribution is 2.54. The van der Waals surface area contributed by atoms with E-state index in [-0.39, 0.29) is 18.0 Å². The Hall–Kier alpha value is -2.35. The molecule has 0 amide bonds. The lowest BCUT2D eigenvalue weighted by atomic mass is 9.61. The molecule has 182 valence electrons. The van der Waals surface area contributed by atoms with Crippen molar-refractivity contribution in [2.45, 2.75) is 49.5 Å². The minimum absolute atomic E-state index is 0.158. The van der Waals surface area contributed by atoms with Crippen molar-refractivity contribution in [2.75, 3.05) is 25.3 Å². The Morgan fingerprint density at radius 2 is 1.82 bits per heavy atom. The fourth-order valence-corrected chi connectivity index (χ4v) is 6.06. The molecule has 0 aliphatic heterocycles. The number of esters is 1. The van der Waals surface area contributed by atoms with Crippen molar-refractivity contribution in [1.29, 1.82) is 0 Å². The average Bonchev–Trinajstić information content (AvgIpc) is 3.10. The number of fused-ring (bicyclic) bond motifs is 2.